The number of ether oxygens (including phenoxy) is 2. The Hall–Kier alpha value is -1.59. The van der Waals surface area contributed by atoms with E-state index in [-0.39, 0.29) is 12.4 Å². The summed E-state index contributed by atoms with van der Waals surface area (Å²) in [6.45, 7) is 1.90. The van der Waals surface area contributed by atoms with Crippen molar-refractivity contribution in [1.29, 1.82) is 0 Å². The summed E-state index contributed by atoms with van der Waals surface area (Å²) < 4.78 is 9.70. The molecule has 2 atom stereocenters. The van der Waals surface area contributed by atoms with Crippen LogP contribution in [0, 0.1) is 6.92 Å². The summed E-state index contributed by atoms with van der Waals surface area (Å²) >= 11 is 0. The third kappa shape index (κ3) is 4.22. The summed E-state index contributed by atoms with van der Waals surface area (Å²) in [5, 5.41) is 10.1. The molecular formula is C14H21NO4. The van der Waals surface area contributed by atoms with Gasteiger partial charge in [0.1, 0.15) is 5.75 Å². The maximum absolute atomic E-state index is 11.0. The van der Waals surface area contributed by atoms with Crippen molar-refractivity contribution in [2.45, 2.75) is 31.9 Å². The molecule has 0 saturated carbocycles. The normalized spacial score (nSPS) is 13.7. The summed E-state index contributed by atoms with van der Waals surface area (Å²) in [5.41, 5.74) is 7.53. The first-order valence-corrected chi connectivity index (χ1v) is 6.14. The van der Waals surface area contributed by atoms with Gasteiger partial charge in [0.15, 0.2) is 0 Å². The highest BCUT2D eigenvalue weighted by Gasteiger charge is 2.19. The van der Waals surface area contributed by atoms with Crippen molar-refractivity contribution < 1.29 is 19.4 Å². The van der Waals surface area contributed by atoms with E-state index in [0.29, 0.717) is 6.42 Å². The maximum Gasteiger partial charge on any atom is 0.305 e. The molecule has 3 N–H and O–H groups in total. The molecule has 106 valence electrons. The molecule has 1 aromatic carbocycles. The third-order valence-corrected chi connectivity index (χ3v) is 3.08. The van der Waals surface area contributed by atoms with E-state index < -0.39 is 12.1 Å². The van der Waals surface area contributed by atoms with E-state index in [9.17, 15) is 9.90 Å². The number of hydrogen-bond donors (Lipinski definition) is 2. The van der Waals surface area contributed by atoms with Gasteiger partial charge in [-0.3, -0.25) is 4.79 Å². The molecule has 0 bridgehead atoms. The van der Waals surface area contributed by atoms with E-state index in [1.165, 1.54) is 7.11 Å². The van der Waals surface area contributed by atoms with Crippen LogP contribution < -0.4 is 10.5 Å². The molecule has 0 amide bonds. The van der Waals surface area contributed by atoms with Crippen LogP contribution in [-0.4, -0.2) is 31.3 Å². The average molecular weight is 267 g/mol. The summed E-state index contributed by atoms with van der Waals surface area (Å²) in [4.78, 5) is 11.0. The molecule has 0 saturated heterocycles. The molecule has 0 spiro atoms. The van der Waals surface area contributed by atoms with Crippen LogP contribution >= 0.6 is 0 Å². The first kappa shape index (κ1) is 15.5. The van der Waals surface area contributed by atoms with Gasteiger partial charge in [-0.15, -0.1) is 0 Å². The Morgan fingerprint density at radius 2 is 2.11 bits per heavy atom. The lowest BCUT2D eigenvalue weighted by atomic mass is 9.97. The molecule has 1 aromatic rings. The van der Waals surface area contributed by atoms with E-state index in [2.05, 4.69) is 4.74 Å². The van der Waals surface area contributed by atoms with Gasteiger partial charge in [0.2, 0.25) is 0 Å². The Labute approximate surface area is 113 Å². The van der Waals surface area contributed by atoms with Gasteiger partial charge in [-0.1, -0.05) is 6.07 Å². The fourth-order valence-corrected chi connectivity index (χ4v) is 1.88. The number of benzene rings is 1. The minimum absolute atomic E-state index is 0.198. The highest BCUT2D eigenvalue weighted by Crippen LogP contribution is 2.24. The summed E-state index contributed by atoms with van der Waals surface area (Å²) in [5.74, 6) is 0.438. The molecule has 0 fully saturated rings. The molecule has 0 aromatic heterocycles. The smallest absolute Gasteiger partial charge is 0.305 e. The van der Waals surface area contributed by atoms with Gasteiger partial charge in [0, 0.05) is 12.5 Å². The van der Waals surface area contributed by atoms with Crippen molar-refractivity contribution in [3.8, 4) is 5.75 Å². The minimum Gasteiger partial charge on any atom is -0.496 e. The number of hydrogen-bond acceptors (Lipinski definition) is 5. The molecule has 5 nitrogen and oxygen atoms in total. The van der Waals surface area contributed by atoms with Crippen LogP contribution in [0.1, 0.15) is 30.1 Å². The Balaban J connectivity index is 2.68. The zero-order valence-corrected chi connectivity index (χ0v) is 11.6. The van der Waals surface area contributed by atoms with E-state index in [1.54, 1.807) is 19.2 Å². The van der Waals surface area contributed by atoms with Crippen LogP contribution in [0.3, 0.4) is 0 Å². The van der Waals surface area contributed by atoms with Crippen molar-refractivity contribution in [1.82, 2.24) is 0 Å². The van der Waals surface area contributed by atoms with Gasteiger partial charge in [-0.25, -0.2) is 0 Å². The second-order valence-electron chi connectivity index (χ2n) is 4.45. The highest BCUT2D eigenvalue weighted by molar-refractivity contribution is 5.69. The van der Waals surface area contributed by atoms with Gasteiger partial charge in [-0.2, -0.15) is 0 Å². The zero-order chi connectivity index (χ0) is 14.4. The molecule has 0 aliphatic heterocycles. The maximum atomic E-state index is 11.0. The SMILES string of the molecule is COC(=O)CCC(N)C(O)c1ccc(OC)c(C)c1. The number of esters is 1. The third-order valence-electron chi connectivity index (χ3n) is 3.08. The van der Waals surface area contributed by atoms with Gasteiger partial charge < -0.3 is 20.3 Å². The van der Waals surface area contributed by atoms with Gasteiger partial charge in [0.25, 0.3) is 0 Å². The van der Waals surface area contributed by atoms with Crippen LogP contribution in [0.4, 0.5) is 0 Å². The standard InChI is InChI=1S/C14H21NO4/c1-9-8-10(4-6-12(9)18-2)14(17)11(15)5-7-13(16)19-3/h4,6,8,11,14,17H,5,7,15H2,1-3H3. The Morgan fingerprint density at radius 3 is 2.63 bits per heavy atom. The fourth-order valence-electron chi connectivity index (χ4n) is 1.88. The lowest BCUT2D eigenvalue weighted by molar-refractivity contribution is -0.140. The second kappa shape index (κ2) is 7.11. The van der Waals surface area contributed by atoms with Crippen molar-refractivity contribution >= 4 is 5.97 Å². The average Bonchev–Trinajstić information content (AvgIpc) is 2.43. The molecule has 2 unspecified atom stereocenters. The van der Waals surface area contributed by atoms with Crippen molar-refractivity contribution in [2.24, 2.45) is 5.73 Å². The molecule has 5 heteroatoms. The van der Waals surface area contributed by atoms with Gasteiger partial charge in [0.05, 0.1) is 20.3 Å². The number of carbonyl (C=O) groups is 1. The Kier molecular flexibility index (Phi) is 5.79. The van der Waals surface area contributed by atoms with Crippen LogP contribution in [0.15, 0.2) is 18.2 Å². The zero-order valence-electron chi connectivity index (χ0n) is 11.6. The number of rotatable bonds is 6. The van der Waals surface area contributed by atoms with Gasteiger partial charge >= 0.3 is 5.97 Å². The van der Waals surface area contributed by atoms with Crippen LogP contribution in [-0.2, 0) is 9.53 Å². The Morgan fingerprint density at radius 1 is 1.42 bits per heavy atom. The fraction of sp³-hybridized carbons (Fsp3) is 0.500. The largest absolute Gasteiger partial charge is 0.496 e. The molecule has 0 aliphatic rings. The lowest BCUT2D eigenvalue weighted by Crippen LogP contribution is -2.29. The molecular weight excluding hydrogens is 246 g/mol. The number of nitrogens with two attached hydrogens (primary N) is 1. The predicted octanol–water partition coefficient (Wildman–Crippen LogP) is 1.32. The highest BCUT2D eigenvalue weighted by atomic mass is 16.5. The number of aliphatic hydroxyl groups is 1. The first-order valence-electron chi connectivity index (χ1n) is 6.14. The Bertz CT molecular complexity index is 433. The van der Waals surface area contributed by atoms with Gasteiger partial charge in [-0.05, 0) is 36.6 Å². The summed E-state index contributed by atoms with van der Waals surface area (Å²) in [6, 6.07) is 4.89. The number of carbonyl (C=O) groups excluding carboxylic acids is 1. The molecule has 1 rings (SSSR count). The predicted molar refractivity (Wildman–Crippen MR) is 71.9 cm³/mol. The van der Waals surface area contributed by atoms with E-state index in [0.717, 1.165) is 16.9 Å². The molecule has 0 heterocycles. The second-order valence-corrected chi connectivity index (χ2v) is 4.45. The van der Waals surface area contributed by atoms with Crippen LogP contribution in [0.5, 0.6) is 5.75 Å². The first-order chi connectivity index (χ1) is 8.99. The summed E-state index contributed by atoms with van der Waals surface area (Å²) in [6.07, 6.45) is -0.239. The van der Waals surface area contributed by atoms with Crippen molar-refractivity contribution in [3.63, 3.8) is 0 Å². The summed E-state index contributed by atoms with van der Waals surface area (Å²) in [7, 11) is 2.93. The van der Waals surface area contributed by atoms with Crippen LogP contribution in [0.2, 0.25) is 0 Å². The number of methoxy groups -OCH3 is 2. The van der Waals surface area contributed by atoms with Crippen LogP contribution in [0.25, 0.3) is 0 Å². The van der Waals surface area contributed by atoms with Crippen molar-refractivity contribution in [2.75, 3.05) is 14.2 Å². The minimum atomic E-state index is -0.811. The molecule has 0 radical (unpaired) electrons. The van der Waals surface area contributed by atoms with E-state index >= 15 is 0 Å². The van der Waals surface area contributed by atoms with E-state index in [4.69, 9.17) is 10.5 Å². The number of aryl methyl sites for hydroxylation is 1. The lowest BCUT2D eigenvalue weighted by Gasteiger charge is -2.19. The monoisotopic (exact) mass is 267 g/mol. The molecule has 19 heavy (non-hydrogen) atoms. The molecule has 0 aliphatic carbocycles. The number of aliphatic hydroxyl groups excluding tert-OH is 1. The van der Waals surface area contributed by atoms with E-state index in [1.807, 2.05) is 13.0 Å². The van der Waals surface area contributed by atoms with Crippen molar-refractivity contribution in [3.05, 3.63) is 29.3 Å². The topological polar surface area (TPSA) is 81.8 Å². The quantitative estimate of drug-likeness (QED) is 0.760.